The van der Waals surface area contributed by atoms with Crippen LogP contribution in [0.1, 0.15) is 31.4 Å². The van der Waals surface area contributed by atoms with E-state index in [1.165, 1.54) is 21.7 Å². The number of hydrazone groups is 1. The van der Waals surface area contributed by atoms with E-state index in [0.717, 1.165) is 68.5 Å². The van der Waals surface area contributed by atoms with Gasteiger partial charge in [0.2, 0.25) is 0 Å². The standard InChI is InChI=1S/C50H40N6/c1-34-22-32-41(33-23-34)55-47(51-52-49(55)45-20-10-14-37-12-6-8-18-43(37)45)39-28-24-35(25-29-39)36-26-30-40(31-27-36)48-53-54-50(2,56(48)42-16-4-3-5-17-42)46-21-11-15-38-13-7-9-19-44(38)46/h3-22,24-34,54H,23H2,1-2H3. The molecule has 1 N–H and O–H groups in total. The quantitative estimate of drug-likeness (QED) is 0.178. The molecule has 56 heavy (non-hydrogen) atoms. The lowest BCUT2D eigenvalue weighted by molar-refractivity contribution is 0.425. The molecule has 6 nitrogen and oxygen atoms in total. The summed E-state index contributed by atoms with van der Waals surface area (Å²) in [5, 5.41) is 19.4. The van der Waals surface area contributed by atoms with Crippen molar-refractivity contribution < 1.29 is 0 Å². The number of para-hydroxylation sites is 1. The van der Waals surface area contributed by atoms with E-state index < -0.39 is 5.66 Å². The molecular formula is C50H40N6. The minimum atomic E-state index is -0.609. The zero-order valence-corrected chi connectivity index (χ0v) is 31.3. The minimum absolute atomic E-state index is 0.498. The first-order valence-electron chi connectivity index (χ1n) is 19.3. The Bertz CT molecular complexity index is 2820. The van der Waals surface area contributed by atoms with Crippen LogP contribution in [0.15, 0.2) is 187 Å². The number of benzene rings is 7. The lowest BCUT2D eigenvalue weighted by atomic mass is 9.93. The van der Waals surface area contributed by atoms with Gasteiger partial charge in [-0.05, 0) is 70.1 Å². The maximum Gasteiger partial charge on any atom is 0.169 e. The number of hydrogen-bond donors (Lipinski definition) is 1. The van der Waals surface area contributed by atoms with Crippen molar-refractivity contribution in [1.29, 1.82) is 0 Å². The molecule has 0 bridgehead atoms. The van der Waals surface area contributed by atoms with E-state index in [-0.39, 0.29) is 0 Å². The minimum Gasteiger partial charge on any atom is -0.296 e. The molecule has 0 amide bonds. The van der Waals surface area contributed by atoms with Crippen molar-refractivity contribution in [3.05, 3.63) is 193 Å². The molecular weight excluding hydrogens is 685 g/mol. The van der Waals surface area contributed by atoms with Crippen LogP contribution >= 0.6 is 0 Å². The molecule has 7 aromatic carbocycles. The second-order valence-electron chi connectivity index (χ2n) is 14.9. The number of rotatable bonds is 7. The number of nitrogens with zero attached hydrogens (tertiary/aromatic N) is 5. The summed E-state index contributed by atoms with van der Waals surface area (Å²) in [7, 11) is 0. The SMILES string of the molecule is CC1C=CC(n2c(-c3ccc(-c4ccc(C5=NNC(C)(c6cccc7ccccc67)N5c5ccccc5)cc4)cc3)nnc2-c2cccc3ccccc23)=CC1. The lowest BCUT2D eigenvalue weighted by Crippen LogP contribution is -2.49. The van der Waals surface area contributed by atoms with E-state index in [9.17, 15) is 0 Å². The van der Waals surface area contributed by atoms with Gasteiger partial charge in [-0.3, -0.25) is 14.9 Å². The Morgan fingerprint density at radius 2 is 1.18 bits per heavy atom. The van der Waals surface area contributed by atoms with Crippen LogP contribution < -0.4 is 10.3 Å². The summed E-state index contributed by atoms with van der Waals surface area (Å²) < 4.78 is 2.22. The second kappa shape index (κ2) is 13.7. The summed E-state index contributed by atoms with van der Waals surface area (Å²) >= 11 is 0. The Morgan fingerprint density at radius 1 is 0.589 bits per heavy atom. The third-order valence-corrected chi connectivity index (χ3v) is 11.2. The maximum atomic E-state index is 5.01. The van der Waals surface area contributed by atoms with Gasteiger partial charge in [-0.1, -0.05) is 171 Å². The number of hydrogen-bond acceptors (Lipinski definition) is 5. The normalized spacial score (nSPS) is 17.9. The van der Waals surface area contributed by atoms with Crippen molar-refractivity contribution in [2.24, 2.45) is 11.0 Å². The molecule has 2 aliphatic rings. The Balaban J connectivity index is 0.981. The number of allylic oxidation sites excluding steroid dienone is 4. The third-order valence-electron chi connectivity index (χ3n) is 11.2. The van der Waals surface area contributed by atoms with Gasteiger partial charge in [0, 0.05) is 33.6 Å². The zero-order chi connectivity index (χ0) is 37.6. The number of aromatic nitrogens is 3. The predicted octanol–water partition coefficient (Wildman–Crippen LogP) is 11.7. The van der Waals surface area contributed by atoms with Crippen LogP contribution in [0.4, 0.5) is 5.69 Å². The molecule has 270 valence electrons. The molecule has 0 spiro atoms. The van der Waals surface area contributed by atoms with Crippen molar-refractivity contribution in [3.8, 4) is 33.9 Å². The fourth-order valence-electron chi connectivity index (χ4n) is 8.27. The van der Waals surface area contributed by atoms with Crippen molar-refractivity contribution >= 4 is 38.8 Å². The number of nitrogens with one attached hydrogen (secondary N) is 1. The summed E-state index contributed by atoms with van der Waals surface area (Å²) in [5.74, 6) is 3.03. The van der Waals surface area contributed by atoms with E-state index in [0.29, 0.717) is 5.92 Å². The molecule has 10 rings (SSSR count). The van der Waals surface area contributed by atoms with Gasteiger partial charge in [-0.2, -0.15) is 5.10 Å². The van der Waals surface area contributed by atoms with Crippen molar-refractivity contribution in [2.45, 2.75) is 25.9 Å². The van der Waals surface area contributed by atoms with Crippen LogP contribution in [0, 0.1) is 5.92 Å². The average molecular weight is 725 g/mol. The summed E-state index contributed by atoms with van der Waals surface area (Å²) in [6.45, 7) is 4.45. The second-order valence-corrected chi connectivity index (χ2v) is 14.9. The first-order valence-corrected chi connectivity index (χ1v) is 19.3. The molecule has 0 fully saturated rings. The van der Waals surface area contributed by atoms with Gasteiger partial charge < -0.3 is 0 Å². The number of amidine groups is 1. The van der Waals surface area contributed by atoms with Gasteiger partial charge in [-0.25, -0.2) is 0 Å². The molecule has 6 heteroatoms. The molecule has 0 saturated carbocycles. The van der Waals surface area contributed by atoms with Crippen LogP contribution in [0.5, 0.6) is 0 Å². The first-order chi connectivity index (χ1) is 27.5. The highest BCUT2D eigenvalue weighted by atomic mass is 15.5. The van der Waals surface area contributed by atoms with Crippen molar-refractivity contribution in [3.63, 3.8) is 0 Å². The third kappa shape index (κ3) is 5.69. The maximum absolute atomic E-state index is 5.01. The summed E-state index contributed by atoms with van der Waals surface area (Å²) in [6.07, 6.45) is 7.76. The van der Waals surface area contributed by atoms with Crippen LogP contribution in [0.2, 0.25) is 0 Å². The Kier molecular flexibility index (Phi) is 8.18. The van der Waals surface area contributed by atoms with E-state index in [2.05, 4.69) is 211 Å². The van der Waals surface area contributed by atoms with E-state index in [4.69, 9.17) is 15.3 Å². The Labute approximate surface area is 326 Å². The number of fused-ring (bicyclic) bond motifs is 2. The summed E-state index contributed by atoms with van der Waals surface area (Å²) in [4.78, 5) is 2.32. The summed E-state index contributed by atoms with van der Waals surface area (Å²) in [6, 6.07) is 57.8. The largest absolute Gasteiger partial charge is 0.296 e. The van der Waals surface area contributed by atoms with E-state index in [1.54, 1.807) is 0 Å². The topological polar surface area (TPSA) is 58.3 Å². The van der Waals surface area contributed by atoms with Crippen molar-refractivity contribution in [1.82, 2.24) is 20.2 Å². The zero-order valence-electron chi connectivity index (χ0n) is 31.3. The molecule has 1 aliphatic heterocycles. The summed E-state index contributed by atoms with van der Waals surface area (Å²) in [5.41, 5.74) is 11.6. The van der Waals surface area contributed by atoms with Gasteiger partial charge >= 0.3 is 0 Å². The molecule has 1 aliphatic carbocycles. The molecule has 8 aromatic rings. The highest BCUT2D eigenvalue weighted by Crippen LogP contribution is 2.40. The van der Waals surface area contributed by atoms with Gasteiger partial charge in [-0.15, -0.1) is 10.2 Å². The van der Waals surface area contributed by atoms with Crippen molar-refractivity contribution in [2.75, 3.05) is 4.90 Å². The highest BCUT2D eigenvalue weighted by molar-refractivity contribution is 6.12. The van der Waals surface area contributed by atoms with Crippen LogP contribution in [0.3, 0.4) is 0 Å². The van der Waals surface area contributed by atoms with E-state index >= 15 is 0 Å². The van der Waals surface area contributed by atoms with Crippen LogP contribution in [-0.2, 0) is 5.66 Å². The number of anilines is 1. The Hall–Kier alpha value is -7.05. The van der Waals surface area contributed by atoms with Crippen LogP contribution in [-0.4, -0.2) is 20.6 Å². The monoisotopic (exact) mass is 724 g/mol. The van der Waals surface area contributed by atoms with E-state index in [1.807, 2.05) is 0 Å². The van der Waals surface area contributed by atoms with Crippen LogP contribution in [0.25, 0.3) is 61.1 Å². The Morgan fingerprint density at radius 3 is 1.89 bits per heavy atom. The van der Waals surface area contributed by atoms with Gasteiger partial charge in [0.05, 0.1) is 0 Å². The predicted molar refractivity (Wildman–Crippen MR) is 231 cm³/mol. The molecule has 2 atom stereocenters. The first kappa shape index (κ1) is 33.5. The smallest absolute Gasteiger partial charge is 0.169 e. The highest BCUT2D eigenvalue weighted by Gasteiger charge is 2.43. The van der Waals surface area contributed by atoms with Gasteiger partial charge in [0.15, 0.2) is 23.1 Å². The average Bonchev–Trinajstić information content (AvgIpc) is 3.86. The molecule has 1 aromatic heterocycles. The molecule has 0 radical (unpaired) electrons. The fourth-order valence-corrected chi connectivity index (χ4v) is 8.27. The lowest BCUT2D eigenvalue weighted by Gasteiger charge is -2.38. The molecule has 2 heterocycles. The molecule has 2 unspecified atom stereocenters. The van der Waals surface area contributed by atoms with Gasteiger partial charge in [0.1, 0.15) is 0 Å². The fraction of sp³-hybridized carbons (Fsp3) is 0.100. The molecule has 0 saturated heterocycles. The van der Waals surface area contributed by atoms with Gasteiger partial charge in [0.25, 0.3) is 0 Å².